The van der Waals surface area contributed by atoms with Gasteiger partial charge in [-0.1, -0.05) is 54.6 Å². The molecule has 2 aromatic heterocycles. The smallest absolute Gasteiger partial charge is 0.173 e. The first-order valence-corrected chi connectivity index (χ1v) is 14.2. The van der Waals surface area contributed by atoms with Crippen LogP contribution in [0.2, 0.25) is 0 Å². The van der Waals surface area contributed by atoms with Gasteiger partial charge in [-0.2, -0.15) is 10.2 Å². The minimum absolute atomic E-state index is 0. The molecule has 226 valence electrons. The summed E-state index contributed by atoms with van der Waals surface area (Å²) in [6, 6.07) is 37.6. The van der Waals surface area contributed by atoms with E-state index in [9.17, 15) is 0 Å². The van der Waals surface area contributed by atoms with E-state index >= 15 is 0 Å². The molecule has 0 radical (unpaired) electrons. The monoisotopic (exact) mass is 712 g/mol. The zero-order valence-corrected chi connectivity index (χ0v) is 28.7. The highest BCUT2D eigenvalue weighted by atomic mass is 79.9. The van der Waals surface area contributed by atoms with E-state index in [1.54, 1.807) is 0 Å². The summed E-state index contributed by atoms with van der Waals surface area (Å²) in [5, 5.41) is 13.3. The van der Waals surface area contributed by atoms with Crippen molar-refractivity contribution in [1.29, 1.82) is 0 Å². The Hall–Kier alpha value is -4.14. The number of aromatic nitrogens is 2. The van der Waals surface area contributed by atoms with Crippen LogP contribution in [0, 0.1) is 0 Å². The van der Waals surface area contributed by atoms with Gasteiger partial charge in [-0.3, -0.25) is 10.0 Å². The van der Waals surface area contributed by atoms with Crippen LogP contribution in [0.25, 0.3) is 0 Å². The van der Waals surface area contributed by atoms with Crippen molar-refractivity contribution in [3.8, 4) is 0 Å². The summed E-state index contributed by atoms with van der Waals surface area (Å²) in [4.78, 5) is 0. The average molecular weight is 715 g/mol. The van der Waals surface area contributed by atoms with Gasteiger partial charge in [-0.05, 0) is 44.2 Å². The Morgan fingerprint density at radius 3 is 1.25 bits per heavy atom. The SMILES string of the molecule is C/C(=N\N(C)c1ccccc1)c1cc[n+](Cc2cccc(C[n+]3ccc(/C(C)=N/N(C)c4ccccc4)cc3)c2)cc1.[Br-].[Br-]. The number of hydrogen-bond donors (Lipinski definition) is 0. The maximum Gasteiger partial charge on any atom is 0.173 e. The molecule has 2 heterocycles. The van der Waals surface area contributed by atoms with Crippen LogP contribution in [0.3, 0.4) is 0 Å². The molecule has 5 rings (SSSR count). The molecule has 0 N–H and O–H groups in total. The average Bonchev–Trinajstić information content (AvgIpc) is 3.02. The Morgan fingerprint density at radius 2 is 0.886 bits per heavy atom. The van der Waals surface area contributed by atoms with Crippen LogP contribution >= 0.6 is 0 Å². The van der Waals surface area contributed by atoms with E-state index in [-0.39, 0.29) is 34.0 Å². The van der Waals surface area contributed by atoms with E-state index in [2.05, 4.69) is 107 Å². The van der Waals surface area contributed by atoms with Crippen LogP contribution in [0.1, 0.15) is 36.1 Å². The molecule has 0 fully saturated rings. The number of halogens is 2. The fourth-order valence-electron chi connectivity index (χ4n) is 4.82. The van der Waals surface area contributed by atoms with Crippen LogP contribution in [0.4, 0.5) is 11.4 Å². The molecule has 0 aliphatic carbocycles. The minimum Gasteiger partial charge on any atom is -1.00 e. The summed E-state index contributed by atoms with van der Waals surface area (Å²) in [7, 11) is 3.95. The van der Waals surface area contributed by atoms with E-state index in [4.69, 9.17) is 10.2 Å². The van der Waals surface area contributed by atoms with Crippen LogP contribution in [0.15, 0.2) is 144 Å². The number of para-hydroxylation sites is 2. The topological polar surface area (TPSA) is 39.0 Å². The lowest BCUT2D eigenvalue weighted by Crippen LogP contribution is -3.00. The molecule has 0 saturated heterocycles. The van der Waals surface area contributed by atoms with Crippen LogP contribution < -0.4 is 53.1 Å². The van der Waals surface area contributed by atoms with Crippen LogP contribution in [-0.4, -0.2) is 25.5 Å². The largest absolute Gasteiger partial charge is 1.00 e. The summed E-state index contributed by atoms with van der Waals surface area (Å²) in [5.74, 6) is 0. The quantitative estimate of drug-likeness (QED) is 0.117. The van der Waals surface area contributed by atoms with Crippen molar-refractivity contribution in [2.75, 3.05) is 24.1 Å². The van der Waals surface area contributed by atoms with Crippen molar-refractivity contribution in [1.82, 2.24) is 0 Å². The zero-order chi connectivity index (χ0) is 29.3. The summed E-state index contributed by atoms with van der Waals surface area (Å²) in [5.41, 5.74) is 8.82. The van der Waals surface area contributed by atoms with Crippen molar-refractivity contribution in [3.05, 3.63) is 156 Å². The molecule has 0 bridgehead atoms. The van der Waals surface area contributed by atoms with Gasteiger partial charge < -0.3 is 34.0 Å². The lowest BCUT2D eigenvalue weighted by atomic mass is 10.1. The highest BCUT2D eigenvalue weighted by Crippen LogP contribution is 2.14. The number of hydrazone groups is 2. The Morgan fingerprint density at radius 1 is 0.523 bits per heavy atom. The van der Waals surface area contributed by atoms with Gasteiger partial charge in [0.2, 0.25) is 0 Å². The predicted octanol–water partition coefficient (Wildman–Crippen LogP) is 0.0870. The second-order valence-corrected chi connectivity index (χ2v) is 10.4. The third-order valence-corrected chi connectivity index (χ3v) is 7.20. The van der Waals surface area contributed by atoms with Crippen molar-refractivity contribution in [2.45, 2.75) is 26.9 Å². The number of rotatable bonds is 10. The standard InChI is InChI=1S/C36H38N6.2BrH/c1-29(37-39(3)35-14-7-5-8-15-35)33-18-22-41(23-19-33)27-31-12-11-13-32(26-31)28-42-24-20-34(21-25-42)30(2)38-40(4)36-16-9-6-10-17-36;;/h5-26H,27-28H2,1-4H3;2*1H/q+2;;/p-2. The lowest BCUT2D eigenvalue weighted by molar-refractivity contribution is -0.689. The van der Waals surface area contributed by atoms with Crippen molar-refractivity contribution < 1.29 is 43.1 Å². The summed E-state index contributed by atoms with van der Waals surface area (Å²) in [6.07, 6.45) is 8.48. The maximum absolute atomic E-state index is 4.75. The predicted molar refractivity (Wildman–Crippen MR) is 172 cm³/mol. The molecule has 0 amide bonds. The van der Waals surface area contributed by atoms with E-state index in [0.717, 1.165) is 47.0 Å². The van der Waals surface area contributed by atoms with E-state index in [1.807, 2.05) is 74.4 Å². The molecule has 8 heteroatoms. The molecule has 0 atom stereocenters. The molecule has 44 heavy (non-hydrogen) atoms. The van der Waals surface area contributed by atoms with Crippen LogP contribution in [-0.2, 0) is 13.1 Å². The minimum atomic E-state index is 0. The number of benzene rings is 3. The van der Waals surface area contributed by atoms with Gasteiger partial charge in [-0.25, -0.2) is 9.13 Å². The molecule has 5 aromatic rings. The van der Waals surface area contributed by atoms with Gasteiger partial charge in [-0.15, -0.1) is 0 Å². The Labute approximate surface area is 282 Å². The number of anilines is 2. The Kier molecular flexibility index (Phi) is 13.0. The molecule has 3 aromatic carbocycles. The van der Waals surface area contributed by atoms with Crippen molar-refractivity contribution in [2.24, 2.45) is 10.2 Å². The van der Waals surface area contributed by atoms with E-state index in [0.29, 0.717) is 0 Å². The third kappa shape index (κ3) is 9.43. The van der Waals surface area contributed by atoms with Crippen molar-refractivity contribution in [3.63, 3.8) is 0 Å². The van der Waals surface area contributed by atoms with Gasteiger partial charge in [0.05, 0.1) is 22.8 Å². The van der Waals surface area contributed by atoms with Gasteiger partial charge in [0.15, 0.2) is 37.9 Å². The van der Waals surface area contributed by atoms with E-state index in [1.165, 1.54) is 11.1 Å². The van der Waals surface area contributed by atoms with E-state index < -0.39 is 0 Å². The summed E-state index contributed by atoms with van der Waals surface area (Å²) >= 11 is 0. The van der Waals surface area contributed by atoms with Gasteiger partial charge in [0.1, 0.15) is 0 Å². The molecular weight excluding hydrogens is 676 g/mol. The maximum atomic E-state index is 4.75. The van der Waals surface area contributed by atoms with Gasteiger partial charge in [0.25, 0.3) is 0 Å². The van der Waals surface area contributed by atoms with Gasteiger partial charge >= 0.3 is 0 Å². The second-order valence-electron chi connectivity index (χ2n) is 10.4. The first-order chi connectivity index (χ1) is 20.4. The van der Waals surface area contributed by atoms with Gasteiger partial charge in [0, 0.05) is 60.6 Å². The number of nitrogens with zero attached hydrogens (tertiary/aromatic N) is 6. The first-order valence-electron chi connectivity index (χ1n) is 14.2. The fraction of sp³-hybridized carbons (Fsp3) is 0.167. The van der Waals surface area contributed by atoms with Crippen molar-refractivity contribution >= 4 is 22.8 Å². The normalized spacial score (nSPS) is 11.3. The summed E-state index contributed by atoms with van der Waals surface area (Å²) < 4.78 is 4.40. The zero-order valence-electron chi connectivity index (χ0n) is 25.6. The molecule has 0 aliphatic rings. The highest BCUT2D eigenvalue weighted by molar-refractivity contribution is 5.99. The molecule has 0 aliphatic heterocycles. The molecule has 0 spiro atoms. The Bertz CT molecular complexity index is 1530. The number of hydrogen-bond acceptors (Lipinski definition) is 4. The fourth-order valence-corrected chi connectivity index (χ4v) is 4.82. The molecule has 0 unspecified atom stereocenters. The number of pyridine rings is 2. The third-order valence-electron chi connectivity index (χ3n) is 7.20. The molecule has 6 nitrogen and oxygen atoms in total. The summed E-state index contributed by atoms with van der Waals surface area (Å²) in [6.45, 7) is 5.71. The lowest BCUT2D eigenvalue weighted by Gasteiger charge is -2.14. The molecule has 0 saturated carbocycles. The second kappa shape index (κ2) is 16.6. The molecular formula is C36H38Br2N6. The first kappa shape index (κ1) is 34.4. The van der Waals surface area contributed by atoms with Crippen LogP contribution in [0.5, 0.6) is 0 Å². The highest BCUT2D eigenvalue weighted by Gasteiger charge is 2.10. The Balaban J connectivity index is 0.00000264.